The van der Waals surface area contributed by atoms with Gasteiger partial charge in [0.05, 0.1) is 0 Å². The summed E-state index contributed by atoms with van der Waals surface area (Å²) < 4.78 is 0. The molecule has 0 aromatic heterocycles. The number of anilines is 1. The number of carbonyl (C=O) groups is 1. The second kappa shape index (κ2) is 4.06. The molecule has 0 atom stereocenters. The summed E-state index contributed by atoms with van der Waals surface area (Å²) in [5.41, 5.74) is 8.40. The Hall–Kier alpha value is -1.51. The normalized spacial score (nSPS) is 20.0. The van der Waals surface area contributed by atoms with Crippen LogP contribution < -0.4 is 5.73 Å². The molecule has 3 rings (SSSR count). The summed E-state index contributed by atoms with van der Waals surface area (Å²) in [7, 11) is 0. The minimum atomic E-state index is 0.172. The molecule has 0 radical (unpaired) electrons. The lowest BCUT2D eigenvalue weighted by molar-refractivity contribution is 0.0678. The van der Waals surface area contributed by atoms with Gasteiger partial charge >= 0.3 is 0 Å². The molecule has 17 heavy (non-hydrogen) atoms. The zero-order valence-electron chi connectivity index (χ0n) is 9.98. The maximum atomic E-state index is 12.3. The van der Waals surface area contributed by atoms with E-state index in [4.69, 9.17) is 5.73 Å². The Morgan fingerprint density at radius 2 is 2.18 bits per heavy atom. The lowest BCUT2D eigenvalue weighted by Gasteiger charge is -2.35. The molecule has 0 saturated heterocycles. The van der Waals surface area contributed by atoms with E-state index in [1.807, 2.05) is 23.1 Å². The second-order valence-corrected chi connectivity index (χ2v) is 5.21. The van der Waals surface area contributed by atoms with Gasteiger partial charge in [0.1, 0.15) is 0 Å². The summed E-state index contributed by atoms with van der Waals surface area (Å²) in [6.07, 6.45) is 4.87. The molecule has 3 heteroatoms. The molecule has 0 spiro atoms. The molecule has 1 aliphatic heterocycles. The van der Waals surface area contributed by atoms with Crippen LogP contribution in [0.25, 0.3) is 0 Å². The highest BCUT2D eigenvalue weighted by Gasteiger charge is 2.28. The highest BCUT2D eigenvalue weighted by molar-refractivity contribution is 5.97. The monoisotopic (exact) mass is 230 g/mol. The fourth-order valence-corrected chi connectivity index (χ4v) is 2.70. The van der Waals surface area contributed by atoms with Crippen molar-refractivity contribution >= 4 is 11.6 Å². The van der Waals surface area contributed by atoms with Crippen molar-refractivity contribution in [3.05, 3.63) is 29.3 Å². The van der Waals surface area contributed by atoms with Gasteiger partial charge in [-0.05, 0) is 42.9 Å². The van der Waals surface area contributed by atoms with Crippen molar-refractivity contribution in [1.29, 1.82) is 0 Å². The van der Waals surface area contributed by atoms with Gasteiger partial charge in [-0.1, -0.05) is 12.5 Å². The molecular weight excluding hydrogens is 212 g/mol. The number of carbonyl (C=O) groups excluding carboxylic acids is 1. The Balaban J connectivity index is 1.81. The first-order chi connectivity index (χ1) is 8.24. The van der Waals surface area contributed by atoms with Crippen LogP contribution in [0, 0.1) is 5.92 Å². The highest BCUT2D eigenvalue weighted by Crippen LogP contribution is 2.29. The molecule has 1 aromatic carbocycles. The maximum absolute atomic E-state index is 12.3. The molecule has 1 aliphatic carbocycles. The van der Waals surface area contributed by atoms with E-state index in [1.54, 1.807) is 0 Å². The third-order valence-corrected chi connectivity index (χ3v) is 4.01. The van der Waals surface area contributed by atoms with E-state index in [9.17, 15) is 4.79 Å². The van der Waals surface area contributed by atoms with E-state index in [-0.39, 0.29) is 5.91 Å². The first-order valence-corrected chi connectivity index (χ1v) is 6.42. The second-order valence-electron chi connectivity index (χ2n) is 5.21. The number of nitrogens with two attached hydrogens (primary N) is 1. The van der Waals surface area contributed by atoms with Crippen molar-refractivity contribution in [2.45, 2.75) is 25.7 Å². The molecule has 1 saturated carbocycles. The van der Waals surface area contributed by atoms with Gasteiger partial charge in [0.15, 0.2) is 0 Å². The van der Waals surface area contributed by atoms with Crippen LogP contribution in [0.15, 0.2) is 18.2 Å². The van der Waals surface area contributed by atoms with E-state index in [1.165, 1.54) is 19.3 Å². The predicted octanol–water partition coefficient (Wildman–Crippen LogP) is 2.07. The van der Waals surface area contributed by atoms with Crippen LogP contribution in [0.1, 0.15) is 35.2 Å². The summed E-state index contributed by atoms with van der Waals surface area (Å²) in [5, 5.41) is 0. The van der Waals surface area contributed by atoms with Crippen molar-refractivity contribution in [3.8, 4) is 0 Å². The molecular formula is C14H18N2O. The first-order valence-electron chi connectivity index (χ1n) is 6.42. The van der Waals surface area contributed by atoms with Gasteiger partial charge in [0, 0.05) is 24.3 Å². The molecule has 1 aromatic rings. The molecule has 1 fully saturated rings. The predicted molar refractivity (Wildman–Crippen MR) is 67.8 cm³/mol. The van der Waals surface area contributed by atoms with Crippen LogP contribution in [0.5, 0.6) is 0 Å². The van der Waals surface area contributed by atoms with E-state index in [2.05, 4.69) is 0 Å². The molecule has 2 N–H and O–H groups in total. The van der Waals surface area contributed by atoms with Gasteiger partial charge in [-0.2, -0.15) is 0 Å². The average molecular weight is 230 g/mol. The lowest BCUT2D eigenvalue weighted by atomic mass is 9.84. The zero-order valence-corrected chi connectivity index (χ0v) is 9.98. The summed E-state index contributed by atoms with van der Waals surface area (Å²) >= 11 is 0. The van der Waals surface area contributed by atoms with Crippen LogP contribution >= 0.6 is 0 Å². The minimum Gasteiger partial charge on any atom is -0.399 e. The van der Waals surface area contributed by atoms with Gasteiger partial charge in [0.2, 0.25) is 0 Å². The van der Waals surface area contributed by atoms with Crippen LogP contribution in [0.4, 0.5) is 5.69 Å². The standard InChI is InChI=1S/C14H18N2O/c15-12-5-4-11-6-7-16(9-10-2-1-3-10)14(17)13(11)8-12/h4-5,8,10H,1-3,6-7,9,15H2. The summed E-state index contributed by atoms with van der Waals surface area (Å²) in [5.74, 6) is 0.909. The van der Waals surface area contributed by atoms with E-state index in [0.717, 1.165) is 36.6 Å². The fraction of sp³-hybridized carbons (Fsp3) is 0.500. The quantitative estimate of drug-likeness (QED) is 0.790. The number of benzene rings is 1. The van der Waals surface area contributed by atoms with Crippen molar-refractivity contribution in [2.24, 2.45) is 5.92 Å². The van der Waals surface area contributed by atoms with Gasteiger partial charge in [-0.15, -0.1) is 0 Å². The smallest absolute Gasteiger partial charge is 0.254 e. The third kappa shape index (κ3) is 1.90. The number of nitrogen functional groups attached to an aromatic ring is 1. The molecule has 0 unspecified atom stereocenters. The largest absolute Gasteiger partial charge is 0.399 e. The Bertz CT molecular complexity index is 452. The van der Waals surface area contributed by atoms with Gasteiger partial charge < -0.3 is 10.6 Å². The molecule has 2 aliphatic rings. The Morgan fingerprint density at radius 1 is 1.35 bits per heavy atom. The number of amides is 1. The summed E-state index contributed by atoms with van der Waals surface area (Å²) in [6.45, 7) is 1.80. The topological polar surface area (TPSA) is 46.3 Å². The SMILES string of the molecule is Nc1ccc2c(c1)C(=O)N(CC1CCC1)CC2. The van der Waals surface area contributed by atoms with Gasteiger partial charge in [-0.25, -0.2) is 0 Å². The number of hydrogen-bond donors (Lipinski definition) is 1. The summed E-state index contributed by atoms with van der Waals surface area (Å²) in [4.78, 5) is 14.3. The Labute approximate surface area is 102 Å². The van der Waals surface area contributed by atoms with Crippen LogP contribution in [-0.2, 0) is 6.42 Å². The fourth-order valence-electron chi connectivity index (χ4n) is 2.70. The Morgan fingerprint density at radius 3 is 2.88 bits per heavy atom. The summed E-state index contributed by atoms with van der Waals surface area (Å²) in [6, 6.07) is 5.70. The molecule has 1 amide bonds. The first kappa shape index (κ1) is 10.6. The van der Waals surface area contributed by atoms with Crippen molar-refractivity contribution < 1.29 is 4.79 Å². The highest BCUT2D eigenvalue weighted by atomic mass is 16.2. The van der Waals surface area contributed by atoms with Crippen LogP contribution in [0.3, 0.4) is 0 Å². The van der Waals surface area contributed by atoms with Gasteiger partial charge in [0.25, 0.3) is 5.91 Å². The maximum Gasteiger partial charge on any atom is 0.254 e. The van der Waals surface area contributed by atoms with E-state index < -0.39 is 0 Å². The van der Waals surface area contributed by atoms with Crippen LogP contribution in [0.2, 0.25) is 0 Å². The number of nitrogens with zero attached hydrogens (tertiary/aromatic N) is 1. The average Bonchev–Trinajstić information content (AvgIpc) is 2.27. The third-order valence-electron chi connectivity index (χ3n) is 4.01. The number of rotatable bonds is 2. The molecule has 90 valence electrons. The van der Waals surface area contributed by atoms with E-state index in [0.29, 0.717) is 5.69 Å². The minimum absolute atomic E-state index is 0.172. The van der Waals surface area contributed by atoms with Crippen molar-refractivity contribution in [2.75, 3.05) is 18.8 Å². The molecule has 3 nitrogen and oxygen atoms in total. The zero-order chi connectivity index (χ0) is 11.8. The molecule has 1 heterocycles. The number of fused-ring (bicyclic) bond motifs is 1. The van der Waals surface area contributed by atoms with Crippen LogP contribution in [-0.4, -0.2) is 23.9 Å². The van der Waals surface area contributed by atoms with Crippen molar-refractivity contribution in [3.63, 3.8) is 0 Å². The molecule has 0 bridgehead atoms. The van der Waals surface area contributed by atoms with E-state index >= 15 is 0 Å². The number of hydrogen-bond acceptors (Lipinski definition) is 2. The lowest BCUT2D eigenvalue weighted by Crippen LogP contribution is -2.41. The Kier molecular flexibility index (Phi) is 2.54. The van der Waals surface area contributed by atoms with Crippen molar-refractivity contribution in [1.82, 2.24) is 4.90 Å². The van der Waals surface area contributed by atoms with Gasteiger partial charge in [-0.3, -0.25) is 4.79 Å².